The van der Waals surface area contributed by atoms with E-state index < -0.39 is 0 Å². The van der Waals surface area contributed by atoms with E-state index in [1.165, 1.54) is 11.0 Å². The molecule has 0 bridgehead atoms. The highest BCUT2D eigenvalue weighted by atomic mass is 16.3. The quantitative estimate of drug-likeness (QED) is 0.883. The van der Waals surface area contributed by atoms with Crippen LogP contribution in [0.25, 0.3) is 6.08 Å². The zero-order valence-electron chi connectivity index (χ0n) is 12.8. The summed E-state index contributed by atoms with van der Waals surface area (Å²) in [5, 5.41) is 2.72. The third-order valence-electron chi connectivity index (χ3n) is 2.94. The number of anilines is 1. The third kappa shape index (κ3) is 4.09. The van der Waals surface area contributed by atoms with Gasteiger partial charge in [0.25, 0.3) is 5.91 Å². The maximum Gasteiger partial charge on any atom is 0.253 e. The maximum atomic E-state index is 11.9. The Morgan fingerprint density at radius 2 is 1.95 bits per heavy atom. The standard InChI is InChI=1S/C17H18N2O3/c1-12-7-8-15(22-12)9-10-16(20)18-14-6-4-5-13(11-14)17(21)19(2)3/h4-11H,1-3H3,(H,18,20)/b10-9+. The van der Waals surface area contributed by atoms with Crippen molar-refractivity contribution in [2.24, 2.45) is 0 Å². The highest BCUT2D eigenvalue weighted by molar-refractivity contribution is 6.02. The molecule has 1 N–H and O–H groups in total. The Morgan fingerprint density at radius 3 is 2.59 bits per heavy atom. The molecule has 0 spiro atoms. The van der Waals surface area contributed by atoms with Crippen molar-refractivity contribution < 1.29 is 14.0 Å². The van der Waals surface area contributed by atoms with E-state index in [1.807, 2.05) is 13.0 Å². The molecule has 0 fully saturated rings. The summed E-state index contributed by atoms with van der Waals surface area (Å²) >= 11 is 0. The number of carbonyl (C=O) groups is 2. The Kier molecular flexibility index (Phi) is 4.78. The zero-order valence-corrected chi connectivity index (χ0v) is 12.8. The van der Waals surface area contributed by atoms with Gasteiger partial charge in [-0.3, -0.25) is 9.59 Å². The lowest BCUT2D eigenvalue weighted by Gasteiger charge is -2.11. The molecule has 2 rings (SSSR count). The Bertz CT molecular complexity index is 714. The molecule has 22 heavy (non-hydrogen) atoms. The van der Waals surface area contributed by atoms with Crippen LogP contribution in [0.2, 0.25) is 0 Å². The van der Waals surface area contributed by atoms with Crippen molar-refractivity contribution >= 4 is 23.6 Å². The first-order chi connectivity index (χ1) is 10.5. The van der Waals surface area contributed by atoms with Gasteiger partial charge in [-0.1, -0.05) is 6.07 Å². The minimum absolute atomic E-state index is 0.113. The van der Waals surface area contributed by atoms with Gasteiger partial charge in [-0.25, -0.2) is 0 Å². The molecule has 0 aliphatic rings. The second-order valence-electron chi connectivity index (χ2n) is 5.05. The molecule has 0 saturated carbocycles. The van der Waals surface area contributed by atoms with Crippen molar-refractivity contribution in [3.8, 4) is 0 Å². The number of aryl methyl sites for hydroxylation is 1. The molecule has 0 aliphatic heterocycles. The fourth-order valence-corrected chi connectivity index (χ4v) is 1.87. The molecule has 0 unspecified atom stereocenters. The highest BCUT2D eigenvalue weighted by Crippen LogP contribution is 2.13. The average Bonchev–Trinajstić information content (AvgIpc) is 2.90. The van der Waals surface area contributed by atoms with Crippen LogP contribution in [0.15, 0.2) is 46.9 Å². The van der Waals surface area contributed by atoms with E-state index in [1.54, 1.807) is 50.5 Å². The summed E-state index contributed by atoms with van der Waals surface area (Å²) in [5.74, 6) is 1.00. The first kappa shape index (κ1) is 15.6. The molecule has 2 aromatic rings. The van der Waals surface area contributed by atoms with E-state index in [2.05, 4.69) is 5.32 Å². The van der Waals surface area contributed by atoms with Crippen LogP contribution in [-0.2, 0) is 4.79 Å². The summed E-state index contributed by atoms with van der Waals surface area (Å²) in [5.41, 5.74) is 1.09. The number of nitrogens with zero attached hydrogens (tertiary/aromatic N) is 1. The second kappa shape index (κ2) is 6.76. The highest BCUT2D eigenvalue weighted by Gasteiger charge is 2.08. The molecule has 5 nitrogen and oxygen atoms in total. The van der Waals surface area contributed by atoms with Crippen molar-refractivity contribution in [2.75, 3.05) is 19.4 Å². The van der Waals surface area contributed by atoms with Crippen molar-refractivity contribution in [3.63, 3.8) is 0 Å². The van der Waals surface area contributed by atoms with Crippen molar-refractivity contribution in [3.05, 3.63) is 59.6 Å². The van der Waals surface area contributed by atoms with E-state index in [0.717, 1.165) is 5.76 Å². The van der Waals surface area contributed by atoms with Gasteiger partial charge in [-0.05, 0) is 43.3 Å². The van der Waals surface area contributed by atoms with Gasteiger partial charge in [0.05, 0.1) is 0 Å². The van der Waals surface area contributed by atoms with E-state index in [9.17, 15) is 9.59 Å². The van der Waals surface area contributed by atoms with Gasteiger partial charge in [-0.2, -0.15) is 0 Å². The van der Waals surface area contributed by atoms with Crippen molar-refractivity contribution in [1.29, 1.82) is 0 Å². The second-order valence-corrected chi connectivity index (χ2v) is 5.05. The van der Waals surface area contributed by atoms with Gasteiger partial charge in [0.15, 0.2) is 0 Å². The number of amides is 2. The lowest BCUT2D eigenvalue weighted by Crippen LogP contribution is -2.21. The molecule has 1 aromatic carbocycles. The Hall–Kier alpha value is -2.82. The minimum Gasteiger partial charge on any atom is -0.462 e. The molecular weight excluding hydrogens is 280 g/mol. The molecule has 0 saturated heterocycles. The van der Waals surface area contributed by atoms with Crippen LogP contribution >= 0.6 is 0 Å². The van der Waals surface area contributed by atoms with E-state index in [4.69, 9.17) is 4.42 Å². The monoisotopic (exact) mass is 298 g/mol. The van der Waals surface area contributed by atoms with E-state index >= 15 is 0 Å². The predicted octanol–water partition coefficient (Wildman–Crippen LogP) is 2.94. The Labute approximate surface area is 129 Å². The number of rotatable bonds is 4. The molecule has 0 atom stereocenters. The summed E-state index contributed by atoms with van der Waals surface area (Å²) in [6.45, 7) is 1.84. The van der Waals surface area contributed by atoms with Gasteiger partial charge >= 0.3 is 0 Å². The molecular formula is C17H18N2O3. The van der Waals surface area contributed by atoms with Crippen LogP contribution in [0.5, 0.6) is 0 Å². The van der Waals surface area contributed by atoms with Crippen LogP contribution < -0.4 is 5.32 Å². The minimum atomic E-state index is -0.288. The normalized spacial score (nSPS) is 10.7. The molecule has 0 aliphatic carbocycles. The lowest BCUT2D eigenvalue weighted by atomic mass is 10.2. The van der Waals surface area contributed by atoms with Crippen LogP contribution in [0, 0.1) is 6.92 Å². The number of furan rings is 1. The van der Waals surface area contributed by atoms with Crippen molar-refractivity contribution in [1.82, 2.24) is 4.90 Å². The van der Waals surface area contributed by atoms with Gasteiger partial charge in [0.1, 0.15) is 11.5 Å². The predicted molar refractivity (Wildman–Crippen MR) is 85.6 cm³/mol. The number of nitrogens with one attached hydrogen (secondary N) is 1. The average molecular weight is 298 g/mol. The fourth-order valence-electron chi connectivity index (χ4n) is 1.87. The van der Waals surface area contributed by atoms with Crippen LogP contribution in [0.3, 0.4) is 0 Å². The molecule has 1 aromatic heterocycles. The van der Waals surface area contributed by atoms with Gasteiger partial charge < -0.3 is 14.6 Å². The smallest absolute Gasteiger partial charge is 0.253 e. The van der Waals surface area contributed by atoms with Crippen LogP contribution in [-0.4, -0.2) is 30.8 Å². The molecule has 1 heterocycles. The first-order valence-corrected chi connectivity index (χ1v) is 6.83. The summed E-state index contributed by atoms with van der Waals surface area (Å²) < 4.78 is 5.34. The first-order valence-electron chi connectivity index (χ1n) is 6.83. The molecule has 0 radical (unpaired) electrons. The van der Waals surface area contributed by atoms with Crippen LogP contribution in [0.4, 0.5) is 5.69 Å². The third-order valence-corrected chi connectivity index (χ3v) is 2.94. The number of benzene rings is 1. The lowest BCUT2D eigenvalue weighted by molar-refractivity contribution is -0.111. The number of hydrogen-bond donors (Lipinski definition) is 1. The summed E-state index contributed by atoms with van der Waals surface area (Å²) in [7, 11) is 3.36. The Balaban J connectivity index is 2.04. The van der Waals surface area contributed by atoms with Gasteiger partial charge in [0, 0.05) is 31.4 Å². The number of carbonyl (C=O) groups excluding carboxylic acids is 2. The summed E-state index contributed by atoms with van der Waals surface area (Å²) in [6.07, 6.45) is 2.98. The molecule has 5 heteroatoms. The number of hydrogen-bond acceptors (Lipinski definition) is 3. The maximum absolute atomic E-state index is 11.9. The largest absolute Gasteiger partial charge is 0.462 e. The van der Waals surface area contributed by atoms with Gasteiger partial charge in [-0.15, -0.1) is 0 Å². The SMILES string of the molecule is Cc1ccc(/C=C/C(=O)Nc2cccc(C(=O)N(C)C)c2)o1. The fraction of sp³-hybridized carbons (Fsp3) is 0.176. The zero-order chi connectivity index (χ0) is 16.1. The summed E-state index contributed by atoms with van der Waals surface area (Å²) in [6, 6.07) is 10.4. The summed E-state index contributed by atoms with van der Waals surface area (Å²) in [4.78, 5) is 25.2. The van der Waals surface area contributed by atoms with E-state index in [0.29, 0.717) is 17.0 Å². The molecule has 114 valence electrons. The molecule has 2 amide bonds. The van der Waals surface area contributed by atoms with Crippen molar-refractivity contribution in [2.45, 2.75) is 6.92 Å². The van der Waals surface area contributed by atoms with Crippen LogP contribution in [0.1, 0.15) is 21.9 Å². The van der Waals surface area contributed by atoms with E-state index in [-0.39, 0.29) is 11.8 Å². The Morgan fingerprint density at radius 1 is 1.18 bits per heavy atom. The topological polar surface area (TPSA) is 62.6 Å². The van der Waals surface area contributed by atoms with Gasteiger partial charge in [0.2, 0.25) is 5.91 Å².